The van der Waals surface area contributed by atoms with Crippen LogP contribution >= 0.6 is 0 Å². The Kier molecular flexibility index (Phi) is 7.41. The zero-order valence-electron chi connectivity index (χ0n) is 23.2. The molecule has 3 fully saturated rings. The molecule has 0 unspecified atom stereocenters. The zero-order chi connectivity index (χ0) is 27.9. The summed E-state index contributed by atoms with van der Waals surface area (Å²) in [5.74, 6) is 0.202. The molecule has 0 atom stereocenters. The van der Waals surface area contributed by atoms with Crippen LogP contribution in [0.25, 0.3) is 10.9 Å². The fraction of sp³-hybridized carbons (Fsp3) is 0.630. The van der Waals surface area contributed by atoms with Crippen molar-refractivity contribution in [3.63, 3.8) is 0 Å². The Morgan fingerprint density at radius 3 is 2.41 bits per heavy atom. The molecule has 1 aromatic heterocycles. The maximum absolute atomic E-state index is 15.8. The maximum atomic E-state index is 15.8. The van der Waals surface area contributed by atoms with E-state index in [1.54, 1.807) is 18.0 Å². The van der Waals surface area contributed by atoms with Crippen molar-refractivity contribution in [2.75, 3.05) is 62.2 Å². The number of hydrogen-bond acceptors (Lipinski definition) is 7. The Bertz CT molecular complexity index is 1260. The summed E-state index contributed by atoms with van der Waals surface area (Å²) in [6.45, 7) is 11.3. The van der Waals surface area contributed by atoms with E-state index in [-0.39, 0.29) is 30.8 Å². The first-order chi connectivity index (χ1) is 18.5. The van der Waals surface area contributed by atoms with E-state index in [1.165, 1.54) is 9.58 Å². The van der Waals surface area contributed by atoms with Gasteiger partial charge in [-0.15, -0.1) is 0 Å². The van der Waals surface area contributed by atoms with E-state index in [1.807, 2.05) is 26.8 Å². The van der Waals surface area contributed by atoms with Gasteiger partial charge in [0.15, 0.2) is 11.6 Å². The molecule has 2 aromatic rings. The van der Waals surface area contributed by atoms with E-state index in [2.05, 4.69) is 20.2 Å². The molecule has 0 saturated carbocycles. The van der Waals surface area contributed by atoms with Gasteiger partial charge < -0.3 is 14.5 Å². The van der Waals surface area contributed by atoms with Gasteiger partial charge in [-0.25, -0.2) is 14.0 Å². The van der Waals surface area contributed by atoms with Crippen molar-refractivity contribution in [3.05, 3.63) is 17.9 Å². The number of hydrogen-bond donors (Lipinski definition) is 1. The predicted octanol–water partition coefficient (Wildman–Crippen LogP) is 2.93. The Hall–Kier alpha value is -3.41. The number of aromatic nitrogens is 2. The molecule has 3 aliphatic heterocycles. The van der Waals surface area contributed by atoms with Gasteiger partial charge in [0.05, 0.1) is 5.69 Å². The van der Waals surface area contributed by atoms with Gasteiger partial charge in [0, 0.05) is 71.2 Å². The number of fused-ring (bicyclic) bond motifs is 1. The van der Waals surface area contributed by atoms with Crippen LogP contribution in [0.4, 0.5) is 25.5 Å². The molecule has 4 heterocycles. The van der Waals surface area contributed by atoms with Crippen molar-refractivity contribution in [2.24, 2.45) is 13.0 Å². The zero-order valence-corrected chi connectivity index (χ0v) is 23.2. The van der Waals surface area contributed by atoms with Crippen molar-refractivity contribution in [3.8, 4) is 0 Å². The molecule has 3 aliphatic rings. The van der Waals surface area contributed by atoms with Crippen LogP contribution in [0.2, 0.25) is 0 Å². The minimum atomic E-state index is -0.538. The van der Waals surface area contributed by atoms with Crippen LogP contribution < -0.4 is 15.1 Å². The molecule has 11 nitrogen and oxygen atoms in total. The number of nitrogens with zero attached hydrogens (tertiary/aromatic N) is 6. The number of aryl methyl sites for hydroxylation is 1. The number of carbonyl (C=O) groups is 3. The van der Waals surface area contributed by atoms with E-state index < -0.39 is 11.6 Å². The van der Waals surface area contributed by atoms with Crippen molar-refractivity contribution in [1.29, 1.82) is 0 Å². The first kappa shape index (κ1) is 27.2. The molecule has 0 radical (unpaired) electrons. The highest BCUT2D eigenvalue weighted by molar-refractivity contribution is 6.09. The van der Waals surface area contributed by atoms with Crippen molar-refractivity contribution < 1.29 is 23.5 Å². The summed E-state index contributed by atoms with van der Waals surface area (Å²) in [5.41, 5.74) is 0.397. The summed E-state index contributed by atoms with van der Waals surface area (Å²) in [6, 6.07) is 3.05. The van der Waals surface area contributed by atoms with Gasteiger partial charge in [-0.05, 0) is 51.7 Å². The second-order valence-corrected chi connectivity index (χ2v) is 11.7. The minimum absolute atomic E-state index is 0.179. The summed E-state index contributed by atoms with van der Waals surface area (Å²) in [4.78, 5) is 43.9. The summed E-state index contributed by atoms with van der Waals surface area (Å²) in [5, 5.41) is 7.26. The Morgan fingerprint density at radius 2 is 1.77 bits per heavy atom. The highest BCUT2D eigenvalue weighted by Crippen LogP contribution is 2.35. The lowest BCUT2D eigenvalue weighted by molar-refractivity contribution is -0.120. The number of halogens is 1. The first-order valence-corrected chi connectivity index (χ1v) is 13.7. The van der Waals surface area contributed by atoms with Crippen LogP contribution in [0, 0.1) is 11.7 Å². The lowest BCUT2D eigenvalue weighted by atomic mass is 9.95. The normalized spacial score (nSPS) is 20.1. The van der Waals surface area contributed by atoms with Gasteiger partial charge in [-0.1, -0.05) is 0 Å². The molecule has 0 bridgehead atoms. The monoisotopic (exact) mass is 543 g/mol. The third-order valence-electron chi connectivity index (χ3n) is 7.71. The molecule has 5 rings (SSSR count). The van der Waals surface area contributed by atoms with Gasteiger partial charge in [-0.2, -0.15) is 5.10 Å². The number of piperidine rings is 1. The molecule has 1 aromatic carbocycles. The van der Waals surface area contributed by atoms with Gasteiger partial charge in [0.1, 0.15) is 11.1 Å². The first-order valence-electron chi connectivity index (χ1n) is 13.7. The van der Waals surface area contributed by atoms with Crippen LogP contribution in [0.3, 0.4) is 0 Å². The topological polar surface area (TPSA) is 103 Å². The van der Waals surface area contributed by atoms with E-state index in [0.717, 1.165) is 45.6 Å². The molecule has 212 valence electrons. The number of rotatable bonds is 4. The lowest BCUT2D eigenvalue weighted by Crippen LogP contribution is -2.51. The predicted molar refractivity (Wildman–Crippen MR) is 145 cm³/mol. The van der Waals surface area contributed by atoms with Crippen LogP contribution in [0.5, 0.6) is 0 Å². The number of ether oxygens (including phenoxy) is 1. The van der Waals surface area contributed by atoms with Crippen LogP contribution in [-0.2, 0) is 16.6 Å². The molecule has 39 heavy (non-hydrogen) atoms. The van der Waals surface area contributed by atoms with E-state index in [4.69, 9.17) is 4.74 Å². The second kappa shape index (κ2) is 10.6. The molecule has 0 aliphatic carbocycles. The fourth-order valence-corrected chi connectivity index (χ4v) is 5.67. The number of piperazine rings is 1. The number of urea groups is 1. The Labute approximate surface area is 227 Å². The van der Waals surface area contributed by atoms with Gasteiger partial charge >= 0.3 is 12.1 Å². The molecule has 0 spiro atoms. The summed E-state index contributed by atoms with van der Waals surface area (Å²) < 4.78 is 22.8. The SMILES string of the molecule is Cn1nc(N2CCC(=O)NC2=O)c2ccc(N3CCC(CN4CCN(C(=O)OC(C)(C)C)CC4)CC3)c(F)c21. The average molecular weight is 544 g/mol. The standard InChI is InChI=1S/C27H38FN7O4/c1-27(2,3)39-26(38)34-15-13-32(14-16-34)17-18-7-10-33(11-8-18)20-6-5-19-23(22(20)28)31(4)30-24(19)35-12-9-21(36)29-25(35)37/h5-6,18H,7-17H2,1-4H3,(H,29,36,37). The largest absolute Gasteiger partial charge is 0.444 e. The van der Waals surface area contributed by atoms with Gasteiger partial charge in [-0.3, -0.25) is 24.6 Å². The van der Waals surface area contributed by atoms with Crippen LogP contribution in [-0.4, -0.2) is 95.6 Å². The van der Waals surface area contributed by atoms with Crippen molar-refractivity contribution in [2.45, 2.75) is 45.6 Å². The average Bonchev–Trinajstić information content (AvgIpc) is 3.21. The van der Waals surface area contributed by atoms with Gasteiger partial charge in [0.25, 0.3) is 0 Å². The number of nitrogens with one attached hydrogen (secondary N) is 1. The summed E-state index contributed by atoms with van der Waals surface area (Å²) in [7, 11) is 1.67. The highest BCUT2D eigenvalue weighted by Gasteiger charge is 2.31. The molecular weight excluding hydrogens is 505 g/mol. The van der Waals surface area contributed by atoms with Crippen molar-refractivity contribution >= 4 is 40.4 Å². The van der Waals surface area contributed by atoms with Gasteiger partial charge in [0.2, 0.25) is 5.91 Å². The van der Waals surface area contributed by atoms with E-state index in [0.29, 0.717) is 41.4 Å². The molecule has 4 amide bonds. The smallest absolute Gasteiger partial charge is 0.410 e. The quantitative estimate of drug-likeness (QED) is 0.633. The third-order valence-corrected chi connectivity index (χ3v) is 7.71. The fourth-order valence-electron chi connectivity index (χ4n) is 5.67. The number of carbonyl (C=O) groups excluding carboxylic acids is 3. The Morgan fingerprint density at radius 1 is 1.08 bits per heavy atom. The second-order valence-electron chi connectivity index (χ2n) is 11.7. The highest BCUT2D eigenvalue weighted by atomic mass is 19.1. The number of benzene rings is 1. The number of amides is 4. The number of anilines is 2. The molecule has 3 saturated heterocycles. The van der Waals surface area contributed by atoms with E-state index >= 15 is 4.39 Å². The van der Waals surface area contributed by atoms with Crippen LogP contribution in [0.15, 0.2) is 12.1 Å². The lowest BCUT2D eigenvalue weighted by Gasteiger charge is -2.39. The summed E-state index contributed by atoms with van der Waals surface area (Å²) in [6.07, 6.45) is 1.85. The minimum Gasteiger partial charge on any atom is -0.444 e. The summed E-state index contributed by atoms with van der Waals surface area (Å²) >= 11 is 0. The van der Waals surface area contributed by atoms with Crippen LogP contribution in [0.1, 0.15) is 40.0 Å². The van der Waals surface area contributed by atoms with E-state index in [9.17, 15) is 14.4 Å². The molecular formula is C27H38FN7O4. The molecule has 1 N–H and O–H groups in total. The number of imide groups is 1. The van der Waals surface area contributed by atoms with Crippen molar-refractivity contribution in [1.82, 2.24) is 24.9 Å². The maximum Gasteiger partial charge on any atom is 0.410 e. The Balaban J connectivity index is 1.18. The molecule has 12 heteroatoms. The third kappa shape index (κ3) is 5.80.